The fraction of sp³-hybridized carbons (Fsp3) is 0.240. The summed E-state index contributed by atoms with van der Waals surface area (Å²) in [7, 11) is 3.25. The van der Waals surface area contributed by atoms with E-state index in [1.165, 1.54) is 0 Å². The van der Waals surface area contributed by atoms with Gasteiger partial charge in [-0.25, -0.2) is 9.50 Å². The third-order valence-electron chi connectivity index (χ3n) is 5.51. The molecule has 0 radical (unpaired) electrons. The molecule has 1 amide bonds. The SMILES string of the molecule is COc1ccc(-c2cc3nc(C)c(CCC(=O)Nc4ccccc4)c(C)n3n2)c(OC)c1. The van der Waals surface area contributed by atoms with Gasteiger partial charge in [0, 0.05) is 41.2 Å². The number of fused-ring (bicyclic) bond motifs is 1. The number of hydrogen-bond donors (Lipinski definition) is 1. The normalized spacial score (nSPS) is 10.9. The van der Waals surface area contributed by atoms with Gasteiger partial charge in [0.25, 0.3) is 0 Å². The van der Waals surface area contributed by atoms with Gasteiger partial charge in [-0.05, 0) is 50.1 Å². The number of nitrogens with one attached hydrogen (secondary N) is 1. The van der Waals surface area contributed by atoms with E-state index < -0.39 is 0 Å². The third kappa shape index (κ3) is 4.27. The average molecular weight is 431 g/mol. The number of aromatic nitrogens is 3. The van der Waals surface area contributed by atoms with E-state index in [0.29, 0.717) is 18.6 Å². The lowest BCUT2D eigenvalue weighted by molar-refractivity contribution is -0.116. The van der Waals surface area contributed by atoms with E-state index >= 15 is 0 Å². The van der Waals surface area contributed by atoms with Crippen LogP contribution in [0, 0.1) is 13.8 Å². The lowest BCUT2D eigenvalue weighted by Crippen LogP contribution is -2.14. The molecule has 0 bridgehead atoms. The van der Waals surface area contributed by atoms with Gasteiger partial charge in [0.15, 0.2) is 5.65 Å². The van der Waals surface area contributed by atoms with Crippen molar-refractivity contribution in [2.45, 2.75) is 26.7 Å². The van der Waals surface area contributed by atoms with Gasteiger partial charge in [0.2, 0.25) is 5.91 Å². The molecular weight excluding hydrogens is 404 g/mol. The molecule has 0 spiro atoms. The average Bonchev–Trinajstić information content (AvgIpc) is 3.23. The summed E-state index contributed by atoms with van der Waals surface area (Å²) in [5.74, 6) is 1.37. The standard InChI is InChI=1S/C25H26N4O3/c1-16-20(12-13-25(30)27-18-8-6-5-7-9-18)17(2)29-24(26-16)15-22(28-29)21-11-10-19(31-3)14-23(21)32-4/h5-11,14-15H,12-13H2,1-4H3,(H,27,30). The number of aryl methyl sites for hydroxylation is 2. The molecule has 0 saturated carbocycles. The van der Waals surface area contributed by atoms with E-state index in [4.69, 9.17) is 19.6 Å². The zero-order valence-corrected chi connectivity index (χ0v) is 18.7. The van der Waals surface area contributed by atoms with Crippen LogP contribution in [0.5, 0.6) is 11.5 Å². The van der Waals surface area contributed by atoms with E-state index in [2.05, 4.69) is 5.32 Å². The summed E-state index contributed by atoms with van der Waals surface area (Å²) in [6.45, 7) is 3.98. The summed E-state index contributed by atoms with van der Waals surface area (Å²) < 4.78 is 12.7. The van der Waals surface area contributed by atoms with Crippen LogP contribution >= 0.6 is 0 Å². The van der Waals surface area contributed by atoms with Crippen molar-refractivity contribution in [3.63, 3.8) is 0 Å². The maximum atomic E-state index is 12.4. The van der Waals surface area contributed by atoms with Crippen molar-refractivity contribution in [3.8, 4) is 22.8 Å². The highest BCUT2D eigenvalue weighted by Crippen LogP contribution is 2.33. The maximum Gasteiger partial charge on any atom is 0.224 e. The fourth-order valence-corrected chi connectivity index (χ4v) is 3.81. The molecule has 4 rings (SSSR count). The number of amides is 1. The zero-order valence-electron chi connectivity index (χ0n) is 18.7. The van der Waals surface area contributed by atoms with Crippen LogP contribution in [0.2, 0.25) is 0 Å². The highest BCUT2D eigenvalue weighted by Gasteiger charge is 2.16. The second-order valence-corrected chi connectivity index (χ2v) is 7.54. The minimum atomic E-state index is -0.0285. The molecule has 32 heavy (non-hydrogen) atoms. The van der Waals surface area contributed by atoms with Crippen LogP contribution in [0.1, 0.15) is 23.4 Å². The molecule has 0 atom stereocenters. The van der Waals surface area contributed by atoms with Crippen molar-refractivity contribution in [2.24, 2.45) is 0 Å². The van der Waals surface area contributed by atoms with Crippen molar-refractivity contribution in [1.29, 1.82) is 0 Å². The molecule has 0 aliphatic rings. The molecule has 7 heteroatoms. The van der Waals surface area contributed by atoms with Gasteiger partial charge in [-0.15, -0.1) is 0 Å². The Balaban J connectivity index is 1.60. The summed E-state index contributed by atoms with van der Waals surface area (Å²) in [6, 6.07) is 17.0. The molecule has 1 N–H and O–H groups in total. The Labute approximate surface area is 187 Å². The van der Waals surface area contributed by atoms with Crippen molar-refractivity contribution in [1.82, 2.24) is 14.6 Å². The van der Waals surface area contributed by atoms with E-state index in [-0.39, 0.29) is 5.91 Å². The molecule has 4 aromatic rings. The zero-order chi connectivity index (χ0) is 22.7. The number of hydrogen-bond acceptors (Lipinski definition) is 5. The van der Waals surface area contributed by atoms with E-state index in [1.54, 1.807) is 14.2 Å². The number of carbonyl (C=O) groups is 1. The first kappa shape index (κ1) is 21.4. The first-order valence-corrected chi connectivity index (χ1v) is 10.4. The molecular formula is C25H26N4O3. The number of carbonyl (C=O) groups excluding carboxylic acids is 1. The number of para-hydroxylation sites is 1. The summed E-state index contributed by atoms with van der Waals surface area (Å²) in [4.78, 5) is 17.1. The number of rotatable bonds is 7. The van der Waals surface area contributed by atoms with Gasteiger partial charge in [-0.1, -0.05) is 18.2 Å². The first-order valence-electron chi connectivity index (χ1n) is 10.4. The second-order valence-electron chi connectivity index (χ2n) is 7.54. The van der Waals surface area contributed by atoms with Crippen LogP contribution in [0.15, 0.2) is 54.6 Å². The van der Waals surface area contributed by atoms with Crippen molar-refractivity contribution >= 4 is 17.2 Å². The van der Waals surface area contributed by atoms with E-state index in [1.807, 2.05) is 73.0 Å². The maximum absolute atomic E-state index is 12.4. The van der Waals surface area contributed by atoms with Gasteiger partial charge in [0.1, 0.15) is 11.5 Å². The number of methoxy groups -OCH3 is 2. The first-order chi connectivity index (χ1) is 15.5. The summed E-state index contributed by atoms with van der Waals surface area (Å²) in [5, 5.41) is 7.71. The molecule has 2 aromatic carbocycles. The van der Waals surface area contributed by atoms with Crippen LogP contribution in [0.4, 0.5) is 5.69 Å². The van der Waals surface area contributed by atoms with Crippen molar-refractivity contribution < 1.29 is 14.3 Å². The lowest BCUT2D eigenvalue weighted by Gasteiger charge is -2.11. The molecule has 0 unspecified atom stereocenters. The van der Waals surface area contributed by atoms with Crippen LogP contribution in [-0.4, -0.2) is 34.7 Å². The minimum absolute atomic E-state index is 0.0285. The smallest absolute Gasteiger partial charge is 0.224 e. The summed E-state index contributed by atoms with van der Waals surface area (Å²) in [6.07, 6.45) is 0.949. The Morgan fingerprint density at radius 1 is 1.03 bits per heavy atom. The van der Waals surface area contributed by atoms with Gasteiger partial charge in [-0.3, -0.25) is 4.79 Å². The van der Waals surface area contributed by atoms with Gasteiger partial charge in [0.05, 0.1) is 19.9 Å². The molecule has 7 nitrogen and oxygen atoms in total. The van der Waals surface area contributed by atoms with Crippen LogP contribution in [-0.2, 0) is 11.2 Å². The second kappa shape index (κ2) is 9.09. The molecule has 2 aromatic heterocycles. The number of ether oxygens (including phenoxy) is 2. The Kier molecular flexibility index (Phi) is 6.07. The Morgan fingerprint density at radius 3 is 2.53 bits per heavy atom. The molecule has 0 aliphatic carbocycles. The number of nitrogens with zero attached hydrogens (tertiary/aromatic N) is 3. The van der Waals surface area contributed by atoms with Gasteiger partial charge >= 0.3 is 0 Å². The molecule has 2 heterocycles. The van der Waals surface area contributed by atoms with E-state index in [0.717, 1.165) is 45.3 Å². The summed E-state index contributed by atoms with van der Waals surface area (Å²) >= 11 is 0. The molecule has 0 aliphatic heterocycles. The van der Waals surface area contributed by atoms with Crippen LogP contribution in [0.25, 0.3) is 16.9 Å². The monoisotopic (exact) mass is 430 g/mol. The Hall–Kier alpha value is -3.87. The number of anilines is 1. The topological polar surface area (TPSA) is 77.8 Å². The highest BCUT2D eigenvalue weighted by atomic mass is 16.5. The highest BCUT2D eigenvalue weighted by molar-refractivity contribution is 5.90. The third-order valence-corrected chi connectivity index (χ3v) is 5.51. The fourth-order valence-electron chi connectivity index (χ4n) is 3.81. The Morgan fingerprint density at radius 2 is 1.81 bits per heavy atom. The molecule has 0 fully saturated rings. The minimum Gasteiger partial charge on any atom is -0.497 e. The van der Waals surface area contributed by atoms with Crippen molar-refractivity contribution in [2.75, 3.05) is 19.5 Å². The van der Waals surface area contributed by atoms with Gasteiger partial charge < -0.3 is 14.8 Å². The number of benzene rings is 2. The quantitative estimate of drug-likeness (QED) is 0.464. The lowest BCUT2D eigenvalue weighted by atomic mass is 10.1. The Bertz CT molecular complexity index is 1270. The van der Waals surface area contributed by atoms with Crippen LogP contribution in [0.3, 0.4) is 0 Å². The summed E-state index contributed by atoms with van der Waals surface area (Å²) in [5.41, 5.74) is 6.07. The van der Waals surface area contributed by atoms with Gasteiger partial charge in [-0.2, -0.15) is 5.10 Å². The molecule has 0 saturated heterocycles. The van der Waals surface area contributed by atoms with Crippen molar-refractivity contribution in [3.05, 3.63) is 71.5 Å². The molecule has 164 valence electrons. The van der Waals surface area contributed by atoms with Crippen LogP contribution < -0.4 is 14.8 Å². The predicted molar refractivity (Wildman–Crippen MR) is 124 cm³/mol. The van der Waals surface area contributed by atoms with E-state index in [9.17, 15) is 4.79 Å². The predicted octanol–water partition coefficient (Wildman–Crippen LogP) is 4.60. The largest absolute Gasteiger partial charge is 0.497 e.